The fourth-order valence-corrected chi connectivity index (χ4v) is 2.91. The number of pyridine rings is 1. The Labute approximate surface area is 161 Å². The van der Waals surface area contributed by atoms with Crippen LogP contribution in [0, 0.1) is 12.7 Å². The van der Waals surface area contributed by atoms with Crippen LogP contribution in [0.15, 0.2) is 72.9 Å². The van der Waals surface area contributed by atoms with Crippen molar-refractivity contribution < 1.29 is 13.9 Å². The third-order valence-corrected chi connectivity index (χ3v) is 4.27. The van der Waals surface area contributed by atoms with Crippen molar-refractivity contribution in [2.45, 2.75) is 6.92 Å². The molecule has 5 nitrogen and oxygen atoms in total. The molecule has 2 aromatic carbocycles. The van der Waals surface area contributed by atoms with Gasteiger partial charge in [-0.2, -0.15) is 0 Å². The fraction of sp³-hybridized carbons (Fsp3) is 0.0909. The molecular formula is C22H18FN3O2. The van der Waals surface area contributed by atoms with Crippen LogP contribution in [0.2, 0.25) is 0 Å². The molecule has 140 valence electrons. The fourth-order valence-electron chi connectivity index (χ4n) is 2.91. The molecule has 0 saturated carbocycles. The van der Waals surface area contributed by atoms with Gasteiger partial charge in [0.15, 0.2) is 6.61 Å². The molecule has 0 bridgehead atoms. The molecule has 1 N–H and O–H groups in total. The maximum absolute atomic E-state index is 13.3. The van der Waals surface area contributed by atoms with E-state index in [-0.39, 0.29) is 18.3 Å². The quantitative estimate of drug-likeness (QED) is 0.560. The van der Waals surface area contributed by atoms with E-state index in [1.165, 1.54) is 12.1 Å². The van der Waals surface area contributed by atoms with E-state index >= 15 is 0 Å². The van der Waals surface area contributed by atoms with Crippen LogP contribution in [0.3, 0.4) is 0 Å². The second-order valence-corrected chi connectivity index (χ2v) is 6.40. The summed E-state index contributed by atoms with van der Waals surface area (Å²) < 4.78 is 20.6. The number of anilines is 1. The van der Waals surface area contributed by atoms with E-state index in [4.69, 9.17) is 4.74 Å². The van der Waals surface area contributed by atoms with Gasteiger partial charge in [0.1, 0.15) is 28.7 Å². The third-order valence-electron chi connectivity index (χ3n) is 4.27. The number of ether oxygens (including phenoxy) is 1. The average Bonchev–Trinajstić information content (AvgIpc) is 3.05. The molecule has 4 aromatic rings. The van der Waals surface area contributed by atoms with Crippen LogP contribution in [0.25, 0.3) is 16.9 Å². The number of para-hydroxylation sites is 1. The van der Waals surface area contributed by atoms with Gasteiger partial charge >= 0.3 is 0 Å². The first-order valence-electron chi connectivity index (χ1n) is 8.82. The number of fused-ring (bicyclic) bond motifs is 1. The Balaban J connectivity index is 1.65. The first-order valence-corrected chi connectivity index (χ1v) is 8.82. The maximum atomic E-state index is 13.3. The van der Waals surface area contributed by atoms with Gasteiger partial charge in [-0.3, -0.25) is 9.20 Å². The number of rotatable bonds is 5. The number of carbonyl (C=O) groups excluding carboxylic acids is 1. The molecule has 4 rings (SSSR count). The third kappa shape index (κ3) is 3.71. The van der Waals surface area contributed by atoms with Gasteiger partial charge in [-0.05, 0) is 61.0 Å². The number of imidazole rings is 1. The maximum Gasteiger partial charge on any atom is 0.263 e. The summed E-state index contributed by atoms with van der Waals surface area (Å²) in [6, 6.07) is 19.0. The van der Waals surface area contributed by atoms with Gasteiger partial charge in [-0.25, -0.2) is 9.37 Å². The topological polar surface area (TPSA) is 55.6 Å². The summed E-state index contributed by atoms with van der Waals surface area (Å²) in [5.41, 5.74) is 3.02. The largest absolute Gasteiger partial charge is 0.484 e. The lowest BCUT2D eigenvalue weighted by Gasteiger charge is -2.09. The molecule has 0 fully saturated rings. The van der Waals surface area contributed by atoms with Crippen molar-refractivity contribution in [2.75, 3.05) is 11.9 Å². The molecule has 0 saturated heterocycles. The summed E-state index contributed by atoms with van der Waals surface area (Å²) in [5, 5.41) is 2.88. The molecule has 0 aliphatic heterocycles. The molecule has 2 aromatic heterocycles. The van der Waals surface area contributed by atoms with Gasteiger partial charge < -0.3 is 10.1 Å². The van der Waals surface area contributed by atoms with Crippen LogP contribution in [0.4, 0.5) is 10.2 Å². The normalized spacial score (nSPS) is 10.8. The van der Waals surface area contributed by atoms with E-state index in [0.717, 1.165) is 5.56 Å². The van der Waals surface area contributed by atoms with Gasteiger partial charge in [0.05, 0.1) is 0 Å². The summed E-state index contributed by atoms with van der Waals surface area (Å²) in [6.45, 7) is 1.84. The number of nitrogens with one attached hydrogen (secondary N) is 1. The monoisotopic (exact) mass is 375 g/mol. The van der Waals surface area contributed by atoms with Crippen molar-refractivity contribution in [3.8, 4) is 17.0 Å². The summed E-state index contributed by atoms with van der Waals surface area (Å²) in [5.74, 6) is 0.494. The zero-order valence-electron chi connectivity index (χ0n) is 15.2. The standard InChI is InChI=1S/C22H18FN3O2/c1-15-11-12-26-19(13-15)24-21(16-7-9-17(23)10-8-16)22(26)25-20(27)14-28-18-5-3-2-4-6-18/h2-13H,14H2,1H3,(H,25,27). The van der Waals surface area contributed by atoms with Gasteiger partial charge in [0, 0.05) is 11.8 Å². The number of aryl methyl sites for hydroxylation is 1. The number of benzene rings is 2. The minimum absolute atomic E-state index is 0.133. The second-order valence-electron chi connectivity index (χ2n) is 6.40. The van der Waals surface area contributed by atoms with Crippen LogP contribution in [-0.2, 0) is 4.79 Å². The Bertz CT molecular complexity index is 1120. The van der Waals surface area contributed by atoms with Crippen molar-refractivity contribution >= 4 is 17.4 Å². The Morgan fingerprint density at radius 1 is 1.11 bits per heavy atom. The number of aromatic nitrogens is 2. The Morgan fingerprint density at radius 2 is 1.86 bits per heavy atom. The van der Waals surface area contributed by atoms with Gasteiger partial charge in [0.2, 0.25) is 0 Å². The van der Waals surface area contributed by atoms with Crippen LogP contribution in [-0.4, -0.2) is 21.9 Å². The highest BCUT2D eigenvalue weighted by Gasteiger charge is 2.17. The van der Waals surface area contributed by atoms with E-state index in [9.17, 15) is 9.18 Å². The lowest BCUT2D eigenvalue weighted by Crippen LogP contribution is -2.21. The van der Waals surface area contributed by atoms with Crippen molar-refractivity contribution in [1.29, 1.82) is 0 Å². The summed E-state index contributed by atoms with van der Waals surface area (Å²) in [4.78, 5) is 17.1. The van der Waals surface area contributed by atoms with E-state index in [1.807, 2.05) is 43.5 Å². The highest BCUT2D eigenvalue weighted by Crippen LogP contribution is 2.29. The van der Waals surface area contributed by atoms with Gasteiger partial charge in [-0.15, -0.1) is 0 Å². The minimum Gasteiger partial charge on any atom is -0.484 e. The zero-order chi connectivity index (χ0) is 19.5. The van der Waals surface area contributed by atoms with Gasteiger partial charge in [0.25, 0.3) is 5.91 Å². The first-order chi connectivity index (χ1) is 13.6. The molecular weight excluding hydrogens is 357 g/mol. The molecule has 0 radical (unpaired) electrons. The van der Waals surface area contributed by atoms with Gasteiger partial charge in [-0.1, -0.05) is 18.2 Å². The summed E-state index contributed by atoms with van der Waals surface area (Å²) in [6.07, 6.45) is 1.85. The van der Waals surface area contributed by atoms with E-state index < -0.39 is 0 Å². The lowest BCUT2D eigenvalue weighted by atomic mass is 10.1. The molecule has 0 aliphatic carbocycles. The molecule has 2 heterocycles. The highest BCUT2D eigenvalue weighted by atomic mass is 19.1. The second kappa shape index (κ2) is 7.52. The van der Waals surface area contributed by atoms with Crippen LogP contribution < -0.4 is 10.1 Å². The predicted octanol–water partition coefficient (Wildman–Crippen LogP) is 4.47. The first kappa shape index (κ1) is 17.7. The van der Waals surface area contributed by atoms with Crippen LogP contribution in [0.1, 0.15) is 5.56 Å². The van der Waals surface area contributed by atoms with E-state index in [0.29, 0.717) is 28.5 Å². The van der Waals surface area contributed by atoms with Crippen molar-refractivity contribution in [1.82, 2.24) is 9.38 Å². The number of carbonyl (C=O) groups is 1. The van der Waals surface area contributed by atoms with Crippen LogP contribution in [0.5, 0.6) is 5.75 Å². The number of nitrogens with zero attached hydrogens (tertiary/aromatic N) is 2. The minimum atomic E-state index is -0.329. The molecule has 0 unspecified atom stereocenters. The Hall–Kier alpha value is -3.67. The molecule has 0 atom stereocenters. The Morgan fingerprint density at radius 3 is 2.61 bits per heavy atom. The molecule has 6 heteroatoms. The van der Waals surface area contributed by atoms with Crippen molar-refractivity contribution in [3.05, 3.63) is 84.3 Å². The molecule has 1 amide bonds. The molecule has 0 spiro atoms. The van der Waals surface area contributed by atoms with Crippen molar-refractivity contribution in [2.24, 2.45) is 0 Å². The average molecular weight is 375 g/mol. The number of halogens is 1. The summed E-state index contributed by atoms with van der Waals surface area (Å²) in [7, 11) is 0. The lowest BCUT2D eigenvalue weighted by molar-refractivity contribution is -0.118. The predicted molar refractivity (Wildman–Crippen MR) is 106 cm³/mol. The number of hydrogen-bond donors (Lipinski definition) is 1. The number of amides is 1. The van der Waals surface area contributed by atoms with E-state index in [2.05, 4.69) is 10.3 Å². The zero-order valence-corrected chi connectivity index (χ0v) is 15.2. The van der Waals surface area contributed by atoms with Crippen molar-refractivity contribution in [3.63, 3.8) is 0 Å². The number of hydrogen-bond acceptors (Lipinski definition) is 3. The van der Waals surface area contributed by atoms with E-state index in [1.54, 1.807) is 28.7 Å². The molecule has 28 heavy (non-hydrogen) atoms. The summed E-state index contributed by atoms with van der Waals surface area (Å²) >= 11 is 0. The van der Waals surface area contributed by atoms with Crippen LogP contribution >= 0.6 is 0 Å². The molecule has 0 aliphatic rings. The smallest absolute Gasteiger partial charge is 0.263 e. The highest BCUT2D eigenvalue weighted by molar-refractivity contribution is 5.95. The Kier molecular flexibility index (Phi) is 4.76. The SMILES string of the molecule is Cc1ccn2c(NC(=O)COc3ccccc3)c(-c3ccc(F)cc3)nc2c1.